The number of rotatable bonds is 3. The Bertz CT molecular complexity index is 4060. The molecule has 1 nitrogen and oxygen atoms in total. The van der Waals surface area contributed by atoms with Crippen LogP contribution in [0.25, 0.3) is 130 Å². The second-order valence-electron chi connectivity index (χ2n) is 17.9. The van der Waals surface area contributed by atoms with Gasteiger partial charge in [0.2, 0.25) is 0 Å². The number of thiophene rings is 1. The molecule has 2 heterocycles. The lowest BCUT2D eigenvalue weighted by Crippen LogP contribution is -2.15. The van der Waals surface area contributed by atoms with Gasteiger partial charge < -0.3 is 4.42 Å². The first-order valence-corrected chi connectivity index (χ1v) is 22.7. The van der Waals surface area contributed by atoms with Gasteiger partial charge in [-0.2, -0.15) is 0 Å². The molecule has 0 radical (unpaired) electrons. The van der Waals surface area contributed by atoms with E-state index in [1.54, 1.807) is 0 Å². The molecule has 0 aliphatic heterocycles. The summed E-state index contributed by atoms with van der Waals surface area (Å²) in [5.74, 6) is 0. The fourth-order valence-corrected chi connectivity index (χ4v) is 12.3. The van der Waals surface area contributed by atoms with Gasteiger partial charge in [0, 0.05) is 41.7 Å². The highest BCUT2D eigenvalue weighted by Gasteiger charge is 2.36. The summed E-state index contributed by atoms with van der Waals surface area (Å²) in [6.07, 6.45) is 0. The second-order valence-corrected chi connectivity index (χ2v) is 19.0. The van der Waals surface area contributed by atoms with Crippen LogP contribution >= 0.6 is 11.3 Å². The van der Waals surface area contributed by atoms with E-state index in [1.807, 2.05) is 11.3 Å². The molecule has 294 valence electrons. The van der Waals surface area contributed by atoms with E-state index in [-0.39, 0.29) is 5.41 Å². The van der Waals surface area contributed by atoms with Crippen LogP contribution in [0.2, 0.25) is 0 Å². The van der Waals surface area contributed by atoms with Crippen molar-refractivity contribution in [1.82, 2.24) is 0 Å². The van der Waals surface area contributed by atoms with Crippen LogP contribution in [0.3, 0.4) is 0 Å². The molecule has 0 saturated heterocycles. The Balaban J connectivity index is 0.883. The summed E-state index contributed by atoms with van der Waals surface area (Å²) < 4.78 is 9.29. The van der Waals surface area contributed by atoms with E-state index < -0.39 is 0 Å². The van der Waals surface area contributed by atoms with Crippen molar-refractivity contribution < 1.29 is 4.42 Å². The molecule has 0 unspecified atom stereocenters. The first-order chi connectivity index (χ1) is 31.0. The molecule has 0 bridgehead atoms. The van der Waals surface area contributed by atoms with E-state index in [0.717, 1.165) is 21.9 Å². The summed E-state index contributed by atoms with van der Waals surface area (Å²) >= 11 is 1.85. The minimum absolute atomic E-state index is 0.200. The quantitative estimate of drug-likeness (QED) is 0.162. The molecular weight excluding hydrogens is 781 g/mol. The molecule has 11 aromatic carbocycles. The number of hydrogen-bond donors (Lipinski definition) is 0. The predicted molar refractivity (Wildman–Crippen MR) is 271 cm³/mol. The third kappa shape index (κ3) is 4.93. The molecule has 1 aliphatic rings. The SMILES string of the molecule is CC1(C)c2cc(-c3ccc4oc5c6cc7sc8ccccc8c7cc6ccc5c4c3)ccc2-c2ccc(-c3c4ccccc4c(-c4cccc5ccccc45)c4ccccc34)cc21. The van der Waals surface area contributed by atoms with Crippen molar-refractivity contribution in [3.8, 4) is 44.5 Å². The van der Waals surface area contributed by atoms with Gasteiger partial charge >= 0.3 is 0 Å². The average Bonchev–Trinajstić information content (AvgIpc) is 3.96. The Labute approximate surface area is 368 Å². The van der Waals surface area contributed by atoms with E-state index in [4.69, 9.17) is 4.42 Å². The van der Waals surface area contributed by atoms with Gasteiger partial charge in [-0.3, -0.25) is 0 Å². The maximum absolute atomic E-state index is 6.68. The van der Waals surface area contributed by atoms with Gasteiger partial charge in [-0.1, -0.05) is 159 Å². The molecule has 0 fully saturated rings. The van der Waals surface area contributed by atoms with Crippen LogP contribution in [0.5, 0.6) is 0 Å². The van der Waals surface area contributed by atoms with Crippen molar-refractivity contribution in [3.63, 3.8) is 0 Å². The van der Waals surface area contributed by atoms with Gasteiger partial charge in [-0.15, -0.1) is 11.3 Å². The summed E-state index contributed by atoms with van der Waals surface area (Å²) in [4.78, 5) is 0. The standard InChI is InChI=1S/C61H38OS/c1-61(2)53-32-37(36-25-29-55-51(30-36)49-28-23-38-31-52-43-15-9-10-21-56(43)63-57(52)34-50(38)60(49)62-55)22-26-41(53)42-27-24-39(33-54(42)61)58-45-16-5-7-18-47(45)59(48-19-8-6-17-46(48)58)44-20-11-13-35-12-3-4-14-40(35)44/h3-34H,1-2H3. The van der Waals surface area contributed by atoms with Crippen LogP contribution in [0.15, 0.2) is 199 Å². The van der Waals surface area contributed by atoms with Crippen molar-refractivity contribution in [2.24, 2.45) is 0 Å². The fourth-order valence-electron chi connectivity index (χ4n) is 11.2. The normalized spacial score (nSPS) is 13.4. The smallest absolute Gasteiger partial charge is 0.143 e. The van der Waals surface area contributed by atoms with Crippen LogP contribution in [0.1, 0.15) is 25.0 Å². The third-order valence-corrected chi connectivity index (χ3v) is 15.4. The van der Waals surface area contributed by atoms with E-state index in [0.29, 0.717) is 0 Å². The van der Waals surface area contributed by atoms with Crippen LogP contribution in [-0.2, 0) is 5.41 Å². The van der Waals surface area contributed by atoms with Crippen LogP contribution in [0, 0.1) is 0 Å². The molecule has 0 spiro atoms. The van der Waals surface area contributed by atoms with Gasteiger partial charge in [0.1, 0.15) is 11.2 Å². The zero-order valence-corrected chi connectivity index (χ0v) is 35.6. The van der Waals surface area contributed by atoms with Gasteiger partial charge in [-0.05, 0) is 142 Å². The van der Waals surface area contributed by atoms with Crippen LogP contribution < -0.4 is 0 Å². The Hall–Kier alpha value is -7.52. The Morgan fingerprint density at radius 1 is 0.349 bits per heavy atom. The zero-order chi connectivity index (χ0) is 41.6. The lowest BCUT2D eigenvalue weighted by atomic mass is 9.80. The summed E-state index contributed by atoms with van der Waals surface area (Å²) in [5, 5.41) is 15.0. The van der Waals surface area contributed by atoms with Crippen LogP contribution in [-0.4, -0.2) is 0 Å². The molecule has 13 aromatic rings. The van der Waals surface area contributed by atoms with Gasteiger partial charge in [0.05, 0.1) is 0 Å². The number of fused-ring (bicyclic) bond motifs is 14. The molecule has 0 saturated carbocycles. The van der Waals surface area contributed by atoms with Crippen LogP contribution in [0.4, 0.5) is 0 Å². The molecule has 0 atom stereocenters. The molecule has 14 rings (SSSR count). The molecule has 1 aliphatic carbocycles. The lowest BCUT2D eigenvalue weighted by molar-refractivity contribution is 0.661. The van der Waals surface area contributed by atoms with Crippen molar-refractivity contribution in [2.75, 3.05) is 0 Å². The molecule has 0 N–H and O–H groups in total. The maximum atomic E-state index is 6.68. The van der Waals surface area contributed by atoms with E-state index in [1.165, 1.54) is 119 Å². The predicted octanol–water partition coefficient (Wildman–Crippen LogP) is 17.9. The van der Waals surface area contributed by atoms with Gasteiger partial charge in [0.25, 0.3) is 0 Å². The highest BCUT2D eigenvalue weighted by atomic mass is 32.1. The Morgan fingerprint density at radius 2 is 0.952 bits per heavy atom. The average molecular weight is 819 g/mol. The minimum atomic E-state index is -0.200. The second kappa shape index (κ2) is 12.8. The Morgan fingerprint density at radius 3 is 1.71 bits per heavy atom. The molecule has 63 heavy (non-hydrogen) atoms. The summed E-state index contributed by atoms with van der Waals surface area (Å²) in [6.45, 7) is 4.80. The van der Waals surface area contributed by atoms with Gasteiger partial charge in [-0.25, -0.2) is 0 Å². The first kappa shape index (κ1) is 35.1. The maximum Gasteiger partial charge on any atom is 0.143 e. The third-order valence-electron chi connectivity index (χ3n) is 14.2. The Kier molecular flexibility index (Phi) is 7.12. The highest BCUT2D eigenvalue weighted by molar-refractivity contribution is 7.25. The number of benzene rings is 11. The van der Waals surface area contributed by atoms with Crippen molar-refractivity contribution in [1.29, 1.82) is 0 Å². The fraction of sp³-hybridized carbons (Fsp3) is 0.0492. The minimum Gasteiger partial charge on any atom is -0.455 e. The number of hydrogen-bond acceptors (Lipinski definition) is 2. The molecular formula is C61H38OS. The summed E-state index contributed by atoms with van der Waals surface area (Å²) in [5.41, 5.74) is 14.6. The topological polar surface area (TPSA) is 13.1 Å². The van der Waals surface area contributed by atoms with Crippen molar-refractivity contribution >= 4 is 96.5 Å². The van der Waals surface area contributed by atoms with Crippen molar-refractivity contribution in [2.45, 2.75) is 19.3 Å². The van der Waals surface area contributed by atoms with E-state index in [2.05, 4.69) is 208 Å². The summed E-state index contributed by atoms with van der Waals surface area (Å²) in [6, 6.07) is 72.4. The molecule has 0 amide bonds. The first-order valence-electron chi connectivity index (χ1n) is 21.9. The van der Waals surface area contributed by atoms with Gasteiger partial charge in [0.15, 0.2) is 0 Å². The van der Waals surface area contributed by atoms with Crippen molar-refractivity contribution in [3.05, 3.63) is 205 Å². The largest absolute Gasteiger partial charge is 0.455 e. The zero-order valence-electron chi connectivity index (χ0n) is 34.8. The molecule has 2 heteroatoms. The van der Waals surface area contributed by atoms with E-state index in [9.17, 15) is 0 Å². The van der Waals surface area contributed by atoms with E-state index >= 15 is 0 Å². The molecule has 2 aromatic heterocycles. The highest BCUT2D eigenvalue weighted by Crippen LogP contribution is 2.53. The number of furan rings is 1. The summed E-state index contributed by atoms with van der Waals surface area (Å²) in [7, 11) is 0. The monoisotopic (exact) mass is 818 g/mol. The lowest BCUT2D eigenvalue weighted by Gasteiger charge is -2.23.